The van der Waals surface area contributed by atoms with E-state index in [1.807, 2.05) is 17.5 Å². The Morgan fingerprint density at radius 3 is 2.95 bits per heavy atom. The molecule has 0 fully saturated rings. The summed E-state index contributed by atoms with van der Waals surface area (Å²) < 4.78 is 5.08. The zero-order chi connectivity index (χ0) is 13.7. The van der Waals surface area contributed by atoms with Crippen LogP contribution in [-0.2, 0) is 6.54 Å². The van der Waals surface area contributed by atoms with E-state index in [4.69, 9.17) is 16.3 Å². The van der Waals surface area contributed by atoms with Crippen molar-refractivity contribution in [2.45, 2.75) is 6.54 Å². The molecule has 0 aliphatic rings. The molecule has 2 aromatic rings. The van der Waals surface area contributed by atoms with Gasteiger partial charge in [-0.15, -0.1) is 11.3 Å². The van der Waals surface area contributed by atoms with E-state index in [0.29, 0.717) is 23.0 Å². The molecule has 1 heterocycles. The maximum Gasteiger partial charge on any atom is 0.319 e. The lowest BCUT2D eigenvalue weighted by molar-refractivity contribution is 0.252. The number of nitrogens with one attached hydrogen (secondary N) is 2. The van der Waals surface area contributed by atoms with Gasteiger partial charge in [0.1, 0.15) is 5.75 Å². The number of ether oxygens (including phenoxy) is 1. The van der Waals surface area contributed by atoms with Crippen LogP contribution in [0.5, 0.6) is 5.75 Å². The van der Waals surface area contributed by atoms with Gasteiger partial charge in [0.05, 0.1) is 24.4 Å². The summed E-state index contributed by atoms with van der Waals surface area (Å²) in [5.41, 5.74) is 0.518. The van der Waals surface area contributed by atoms with Gasteiger partial charge in [-0.05, 0) is 23.6 Å². The molecule has 1 aromatic carbocycles. The minimum absolute atomic E-state index is 0.302. The smallest absolute Gasteiger partial charge is 0.319 e. The van der Waals surface area contributed by atoms with Crippen molar-refractivity contribution in [2.75, 3.05) is 12.4 Å². The maximum absolute atomic E-state index is 11.7. The van der Waals surface area contributed by atoms with Gasteiger partial charge in [-0.1, -0.05) is 17.7 Å². The number of carbonyl (C=O) groups excluding carboxylic acids is 1. The van der Waals surface area contributed by atoms with Gasteiger partial charge in [-0.2, -0.15) is 0 Å². The summed E-state index contributed by atoms with van der Waals surface area (Å²) in [6, 6.07) is 8.69. The molecule has 0 atom stereocenters. The zero-order valence-electron chi connectivity index (χ0n) is 10.3. The number of methoxy groups -OCH3 is 1. The molecular weight excluding hydrogens is 284 g/mol. The second-order valence-electron chi connectivity index (χ2n) is 3.73. The highest BCUT2D eigenvalue weighted by Gasteiger charge is 2.07. The fourth-order valence-corrected chi connectivity index (χ4v) is 2.28. The van der Waals surface area contributed by atoms with Crippen LogP contribution in [-0.4, -0.2) is 13.1 Å². The Balaban J connectivity index is 1.94. The van der Waals surface area contributed by atoms with E-state index in [-0.39, 0.29) is 6.03 Å². The number of thiophene rings is 1. The summed E-state index contributed by atoms with van der Waals surface area (Å²) in [4.78, 5) is 12.8. The van der Waals surface area contributed by atoms with Gasteiger partial charge in [0.15, 0.2) is 0 Å². The molecule has 2 amide bonds. The van der Waals surface area contributed by atoms with Gasteiger partial charge in [-0.25, -0.2) is 4.79 Å². The van der Waals surface area contributed by atoms with Gasteiger partial charge in [-0.3, -0.25) is 0 Å². The average molecular weight is 297 g/mol. The first-order valence-electron chi connectivity index (χ1n) is 5.60. The summed E-state index contributed by atoms with van der Waals surface area (Å²) in [6.07, 6.45) is 0. The van der Waals surface area contributed by atoms with E-state index < -0.39 is 0 Å². The molecule has 0 aliphatic heterocycles. The van der Waals surface area contributed by atoms with Crippen LogP contribution in [0, 0.1) is 0 Å². The SMILES string of the molecule is COc1ccc(Cl)c(NC(=O)NCc2cccs2)c1. The van der Waals surface area contributed by atoms with Crippen molar-refractivity contribution in [3.63, 3.8) is 0 Å². The van der Waals surface area contributed by atoms with Crippen molar-refractivity contribution in [3.8, 4) is 5.75 Å². The highest BCUT2D eigenvalue weighted by molar-refractivity contribution is 7.09. The number of hydrogen-bond donors (Lipinski definition) is 2. The van der Waals surface area contributed by atoms with E-state index in [2.05, 4.69) is 10.6 Å². The summed E-state index contributed by atoms with van der Waals surface area (Å²) in [6.45, 7) is 0.491. The van der Waals surface area contributed by atoms with E-state index in [1.165, 1.54) is 0 Å². The minimum atomic E-state index is -0.302. The second kappa shape index (κ2) is 6.45. The highest BCUT2D eigenvalue weighted by Crippen LogP contribution is 2.26. The fraction of sp³-hybridized carbons (Fsp3) is 0.154. The monoisotopic (exact) mass is 296 g/mol. The van der Waals surface area contributed by atoms with Crippen molar-refractivity contribution >= 4 is 34.7 Å². The summed E-state index contributed by atoms with van der Waals surface area (Å²) >= 11 is 7.59. The van der Waals surface area contributed by atoms with Crippen molar-refractivity contribution in [3.05, 3.63) is 45.6 Å². The molecule has 0 aliphatic carbocycles. The third-order valence-electron chi connectivity index (χ3n) is 2.43. The molecule has 0 radical (unpaired) electrons. The van der Waals surface area contributed by atoms with E-state index >= 15 is 0 Å². The summed E-state index contributed by atoms with van der Waals surface area (Å²) in [7, 11) is 1.56. The van der Waals surface area contributed by atoms with Crippen LogP contribution in [0.1, 0.15) is 4.88 Å². The molecule has 4 nitrogen and oxygen atoms in total. The van der Waals surface area contributed by atoms with Crippen LogP contribution >= 0.6 is 22.9 Å². The molecule has 19 heavy (non-hydrogen) atoms. The number of hydrogen-bond acceptors (Lipinski definition) is 3. The molecule has 0 saturated heterocycles. The van der Waals surface area contributed by atoms with E-state index in [1.54, 1.807) is 36.6 Å². The predicted molar refractivity (Wildman–Crippen MR) is 78.2 cm³/mol. The van der Waals surface area contributed by atoms with Gasteiger partial charge < -0.3 is 15.4 Å². The first-order valence-corrected chi connectivity index (χ1v) is 6.85. The number of urea groups is 1. The topological polar surface area (TPSA) is 50.4 Å². The minimum Gasteiger partial charge on any atom is -0.497 e. The van der Waals surface area contributed by atoms with Crippen molar-refractivity contribution < 1.29 is 9.53 Å². The largest absolute Gasteiger partial charge is 0.497 e. The maximum atomic E-state index is 11.7. The Kier molecular flexibility index (Phi) is 4.65. The Bertz CT molecular complexity index is 558. The molecule has 2 rings (SSSR count). The van der Waals surface area contributed by atoms with Crippen LogP contribution in [0.4, 0.5) is 10.5 Å². The third-order valence-corrected chi connectivity index (χ3v) is 3.63. The zero-order valence-corrected chi connectivity index (χ0v) is 11.8. The summed E-state index contributed by atoms with van der Waals surface area (Å²) in [5.74, 6) is 0.637. The lowest BCUT2D eigenvalue weighted by Gasteiger charge is -2.09. The number of benzene rings is 1. The second-order valence-corrected chi connectivity index (χ2v) is 5.17. The van der Waals surface area contributed by atoms with Crippen LogP contribution < -0.4 is 15.4 Å². The lowest BCUT2D eigenvalue weighted by atomic mass is 10.3. The number of halogens is 1. The van der Waals surface area contributed by atoms with Crippen molar-refractivity contribution in [1.29, 1.82) is 0 Å². The van der Waals surface area contributed by atoms with Crippen LogP contribution in [0.25, 0.3) is 0 Å². The molecule has 0 saturated carbocycles. The first-order chi connectivity index (χ1) is 9.19. The van der Waals surface area contributed by atoms with Crippen molar-refractivity contribution in [2.24, 2.45) is 0 Å². The molecule has 0 spiro atoms. The standard InChI is InChI=1S/C13H13ClN2O2S/c1-18-9-4-5-11(14)12(7-9)16-13(17)15-8-10-3-2-6-19-10/h2-7H,8H2,1H3,(H2,15,16,17). The molecule has 1 aromatic heterocycles. The first kappa shape index (κ1) is 13.7. The molecule has 6 heteroatoms. The molecule has 0 bridgehead atoms. The fourth-order valence-electron chi connectivity index (χ4n) is 1.47. The summed E-state index contributed by atoms with van der Waals surface area (Å²) in [5, 5.41) is 7.88. The molecular formula is C13H13ClN2O2S. The number of carbonyl (C=O) groups is 1. The van der Waals surface area contributed by atoms with Gasteiger partial charge in [0, 0.05) is 10.9 Å². The number of anilines is 1. The van der Waals surface area contributed by atoms with Crippen LogP contribution in [0.15, 0.2) is 35.7 Å². The van der Waals surface area contributed by atoms with E-state index in [9.17, 15) is 4.79 Å². The van der Waals surface area contributed by atoms with Gasteiger partial charge in [0.25, 0.3) is 0 Å². The Labute approximate surface area is 120 Å². The molecule has 100 valence electrons. The molecule has 0 unspecified atom stereocenters. The normalized spacial score (nSPS) is 10.0. The quantitative estimate of drug-likeness (QED) is 0.903. The Morgan fingerprint density at radius 2 is 2.26 bits per heavy atom. The van der Waals surface area contributed by atoms with Crippen LogP contribution in [0.2, 0.25) is 5.02 Å². The lowest BCUT2D eigenvalue weighted by Crippen LogP contribution is -2.27. The van der Waals surface area contributed by atoms with Crippen molar-refractivity contribution in [1.82, 2.24) is 5.32 Å². The predicted octanol–water partition coefficient (Wildman–Crippen LogP) is 3.73. The highest BCUT2D eigenvalue weighted by atomic mass is 35.5. The van der Waals surface area contributed by atoms with Gasteiger partial charge in [0.2, 0.25) is 0 Å². The average Bonchev–Trinajstić information content (AvgIpc) is 2.92. The third kappa shape index (κ3) is 3.87. The number of amides is 2. The number of rotatable bonds is 4. The van der Waals surface area contributed by atoms with Gasteiger partial charge >= 0.3 is 6.03 Å². The molecule has 2 N–H and O–H groups in total. The van der Waals surface area contributed by atoms with E-state index in [0.717, 1.165) is 4.88 Å². The van der Waals surface area contributed by atoms with Crippen LogP contribution in [0.3, 0.4) is 0 Å². The Hall–Kier alpha value is -1.72. The Morgan fingerprint density at radius 1 is 1.42 bits per heavy atom.